The largest absolute Gasteiger partial charge is 0.480 e. The van der Waals surface area contributed by atoms with Gasteiger partial charge in [-0.15, -0.1) is 0 Å². The lowest BCUT2D eigenvalue weighted by Gasteiger charge is -2.23. The molecule has 1 aromatic carbocycles. The second kappa shape index (κ2) is 10.6. The summed E-state index contributed by atoms with van der Waals surface area (Å²) in [5, 5.41) is 14.3. The van der Waals surface area contributed by atoms with Gasteiger partial charge >= 0.3 is 5.97 Å². The molecule has 1 aromatic rings. The first-order chi connectivity index (χ1) is 11.0. The highest BCUT2D eigenvalue weighted by atomic mass is 16.7. The lowest BCUT2D eigenvalue weighted by molar-refractivity contribution is -0.138. The van der Waals surface area contributed by atoms with Gasteiger partial charge < -0.3 is 15.7 Å². The average Bonchev–Trinajstić information content (AvgIpc) is 2.54. The zero-order valence-corrected chi connectivity index (χ0v) is 13.6. The monoisotopic (exact) mass is 323 g/mol. The third kappa shape index (κ3) is 7.62. The molecule has 0 aliphatic heterocycles. The minimum absolute atomic E-state index is 0.423. The van der Waals surface area contributed by atoms with E-state index in [1.54, 1.807) is 12.0 Å². The summed E-state index contributed by atoms with van der Waals surface area (Å²) in [6.07, 6.45) is 1.87. The highest BCUT2D eigenvalue weighted by Gasteiger charge is 2.12. The van der Waals surface area contributed by atoms with Crippen LogP contribution >= 0.6 is 0 Å². The second-order valence-corrected chi connectivity index (χ2v) is 5.12. The van der Waals surface area contributed by atoms with Crippen molar-refractivity contribution in [3.05, 3.63) is 35.9 Å². The number of carbonyl (C=O) groups is 1. The summed E-state index contributed by atoms with van der Waals surface area (Å²) in [5.74, 6) is -0.370. The Morgan fingerprint density at radius 1 is 1.35 bits per heavy atom. The highest BCUT2D eigenvalue weighted by Crippen LogP contribution is 2.07. The molecule has 0 spiro atoms. The number of hydrogen-bond acceptors (Lipinski definition) is 5. The summed E-state index contributed by atoms with van der Waals surface area (Å²) < 4.78 is 0. The molecule has 7 heteroatoms. The molecule has 0 bridgehead atoms. The van der Waals surface area contributed by atoms with Crippen molar-refractivity contribution < 1.29 is 19.6 Å². The summed E-state index contributed by atoms with van der Waals surface area (Å²) in [5.41, 5.74) is 6.54. The fourth-order valence-corrected chi connectivity index (χ4v) is 1.97. The number of aliphatic carboxylic acids is 1. The van der Waals surface area contributed by atoms with Gasteiger partial charge in [-0.05, 0) is 31.7 Å². The minimum atomic E-state index is -0.973. The first-order valence-electron chi connectivity index (χ1n) is 7.55. The molecule has 0 radical (unpaired) electrons. The minimum Gasteiger partial charge on any atom is -0.480 e. The predicted octanol–water partition coefficient (Wildman–Crippen LogP) is 1.98. The SMILES string of the molecule is CO/N=C(\C)N(CCCC[C@H](N)C(=O)O)OCc1ccccc1. The number of carboxylic acids is 1. The van der Waals surface area contributed by atoms with Crippen LogP contribution in [0, 0.1) is 0 Å². The van der Waals surface area contributed by atoms with E-state index in [0.717, 1.165) is 12.0 Å². The Kier molecular flexibility index (Phi) is 8.71. The molecule has 1 rings (SSSR count). The van der Waals surface area contributed by atoms with Crippen LogP contribution in [0.5, 0.6) is 0 Å². The molecular weight excluding hydrogens is 298 g/mol. The van der Waals surface area contributed by atoms with E-state index in [9.17, 15) is 4.79 Å². The molecule has 0 unspecified atom stereocenters. The Labute approximate surface area is 136 Å². The van der Waals surface area contributed by atoms with Crippen molar-refractivity contribution in [2.45, 2.75) is 38.8 Å². The number of nitrogens with two attached hydrogens (primary N) is 1. The van der Waals surface area contributed by atoms with E-state index in [4.69, 9.17) is 20.5 Å². The van der Waals surface area contributed by atoms with Crippen molar-refractivity contribution >= 4 is 11.8 Å². The number of nitrogens with zero attached hydrogens (tertiary/aromatic N) is 2. The predicted molar refractivity (Wildman–Crippen MR) is 87.5 cm³/mol. The van der Waals surface area contributed by atoms with Crippen LogP contribution in [0.1, 0.15) is 31.7 Å². The Balaban J connectivity index is 2.46. The van der Waals surface area contributed by atoms with Gasteiger partial charge in [-0.2, -0.15) is 0 Å². The maximum absolute atomic E-state index is 10.7. The average molecular weight is 323 g/mol. The number of hydroxylamine groups is 2. The maximum Gasteiger partial charge on any atom is 0.320 e. The smallest absolute Gasteiger partial charge is 0.320 e. The summed E-state index contributed by atoms with van der Waals surface area (Å²) in [6.45, 7) is 2.79. The lowest BCUT2D eigenvalue weighted by atomic mass is 10.1. The summed E-state index contributed by atoms with van der Waals surface area (Å²) in [7, 11) is 1.48. The lowest BCUT2D eigenvalue weighted by Crippen LogP contribution is -2.32. The van der Waals surface area contributed by atoms with Crippen LogP contribution in [-0.2, 0) is 21.1 Å². The van der Waals surface area contributed by atoms with Crippen molar-refractivity contribution in [1.82, 2.24) is 5.06 Å². The van der Waals surface area contributed by atoms with Gasteiger partial charge in [0.05, 0.1) is 6.61 Å². The quantitative estimate of drug-likeness (QED) is 0.296. The van der Waals surface area contributed by atoms with Gasteiger partial charge in [-0.3, -0.25) is 9.63 Å². The Morgan fingerprint density at radius 3 is 2.65 bits per heavy atom. The van der Waals surface area contributed by atoms with E-state index in [-0.39, 0.29) is 0 Å². The van der Waals surface area contributed by atoms with Gasteiger partial charge in [0, 0.05) is 6.54 Å². The van der Waals surface area contributed by atoms with Gasteiger partial charge in [-0.25, -0.2) is 5.06 Å². The van der Waals surface area contributed by atoms with Crippen LogP contribution < -0.4 is 5.73 Å². The number of unbranched alkanes of at least 4 members (excludes halogenated alkanes) is 1. The number of benzene rings is 1. The molecule has 0 fully saturated rings. The Hall–Kier alpha value is -2.12. The third-order valence-corrected chi connectivity index (χ3v) is 3.26. The Bertz CT molecular complexity index is 493. The number of oxime groups is 1. The molecule has 0 aliphatic carbocycles. The van der Waals surface area contributed by atoms with Gasteiger partial charge in [0.2, 0.25) is 0 Å². The van der Waals surface area contributed by atoms with Crippen molar-refractivity contribution in [2.24, 2.45) is 10.9 Å². The topological polar surface area (TPSA) is 97.4 Å². The molecule has 0 saturated heterocycles. The molecule has 0 heterocycles. The van der Waals surface area contributed by atoms with Gasteiger partial charge in [-0.1, -0.05) is 35.5 Å². The zero-order valence-electron chi connectivity index (χ0n) is 13.6. The molecule has 3 N–H and O–H groups in total. The highest BCUT2D eigenvalue weighted by molar-refractivity contribution is 5.78. The van der Waals surface area contributed by atoms with Crippen molar-refractivity contribution in [3.8, 4) is 0 Å². The molecule has 0 amide bonds. The van der Waals surface area contributed by atoms with E-state index in [1.807, 2.05) is 30.3 Å². The van der Waals surface area contributed by atoms with Crippen LogP contribution in [0.15, 0.2) is 35.5 Å². The molecular formula is C16H25N3O4. The fraction of sp³-hybridized carbons (Fsp3) is 0.500. The van der Waals surface area contributed by atoms with E-state index in [1.165, 1.54) is 7.11 Å². The first-order valence-corrected chi connectivity index (χ1v) is 7.55. The van der Waals surface area contributed by atoms with Crippen LogP contribution in [-0.4, -0.2) is 41.7 Å². The zero-order chi connectivity index (χ0) is 17.1. The van der Waals surface area contributed by atoms with Crippen LogP contribution in [0.25, 0.3) is 0 Å². The standard InChI is InChI=1S/C16H25N3O4/c1-13(18-22-2)19(11-7-6-10-15(17)16(20)21)23-12-14-8-4-3-5-9-14/h3-5,8-9,15H,6-7,10-12,17H2,1-2H3,(H,20,21)/b18-13+/t15-/m0/s1. The Morgan fingerprint density at radius 2 is 2.04 bits per heavy atom. The van der Waals surface area contributed by atoms with Crippen molar-refractivity contribution in [1.29, 1.82) is 0 Å². The van der Waals surface area contributed by atoms with Gasteiger partial charge in [0.1, 0.15) is 13.2 Å². The fourth-order valence-electron chi connectivity index (χ4n) is 1.97. The van der Waals surface area contributed by atoms with Crippen LogP contribution in [0.3, 0.4) is 0 Å². The summed E-state index contributed by atoms with van der Waals surface area (Å²) in [4.78, 5) is 21.2. The summed E-state index contributed by atoms with van der Waals surface area (Å²) >= 11 is 0. The normalized spacial score (nSPS) is 12.7. The second-order valence-electron chi connectivity index (χ2n) is 5.12. The number of carboxylic acid groups (broad SMARTS) is 1. The third-order valence-electron chi connectivity index (χ3n) is 3.26. The van der Waals surface area contributed by atoms with E-state index >= 15 is 0 Å². The molecule has 0 aliphatic rings. The summed E-state index contributed by atoms with van der Waals surface area (Å²) in [6, 6.07) is 8.99. The van der Waals surface area contributed by atoms with Crippen LogP contribution in [0.2, 0.25) is 0 Å². The van der Waals surface area contributed by atoms with Crippen LogP contribution in [0.4, 0.5) is 0 Å². The number of rotatable bonds is 10. The molecule has 7 nitrogen and oxygen atoms in total. The number of amidine groups is 1. The molecule has 0 saturated carbocycles. The molecule has 0 aromatic heterocycles. The van der Waals surface area contributed by atoms with Crippen molar-refractivity contribution in [3.63, 3.8) is 0 Å². The van der Waals surface area contributed by atoms with E-state index in [2.05, 4.69) is 5.16 Å². The van der Waals surface area contributed by atoms with Crippen molar-refractivity contribution in [2.75, 3.05) is 13.7 Å². The molecule has 23 heavy (non-hydrogen) atoms. The molecule has 1 atom stereocenters. The maximum atomic E-state index is 10.7. The van der Waals surface area contributed by atoms with E-state index < -0.39 is 12.0 Å². The first kappa shape index (κ1) is 18.9. The van der Waals surface area contributed by atoms with Gasteiger partial charge in [0.15, 0.2) is 5.84 Å². The van der Waals surface area contributed by atoms with Gasteiger partial charge in [0.25, 0.3) is 0 Å². The van der Waals surface area contributed by atoms with E-state index in [0.29, 0.717) is 31.8 Å². The molecule has 128 valence electrons. The number of hydrogen-bond donors (Lipinski definition) is 2.